The maximum absolute atomic E-state index is 11.3. The molecule has 4 heteroatoms. The molecule has 4 nitrogen and oxygen atoms in total. The minimum atomic E-state index is -0.605. The van der Waals surface area contributed by atoms with Crippen LogP contribution in [0, 0.1) is 0 Å². The fourth-order valence-corrected chi connectivity index (χ4v) is 2.19. The van der Waals surface area contributed by atoms with E-state index in [0.717, 1.165) is 12.1 Å². The van der Waals surface area contributed by atoms with Crippen LogP contribution in [-0.2, 0) is 12.8 Å². The van der Waals surface area contributed by atoms with Crippen molar-refractivity contribution in [3.63, 3.8) is 0 Å². The summed E-state index contributed by atoms with van der Waals surface area (Å²) in [7, 11) is 0. The molecule has 0 radical (unpaired) electrons. The number of H-pyrrole nitrogens is 2. The third kappa shape index (κ3) is 3.22. The molecule has 19 heavy (non-hydrogen) atoms. The highest BCUT2D eigenvalue weighted by atomic mass is 16.2. The topological polar surface area (TPSA) is 65.7 Å². The van der Waals surface area contributed by atoms with E-state index in [1.165, 1.54) is 17.2 Å². The fraction of sp³-hybridized carbons (Fsp3) is 0.333. The van der Waals surface area contributed by atoms with E-state index in [4.69, 9.17) is 0 Å². The Hall–Kier alpha value is -2.10. The molecular formula is C15H18N2O2. The molecule has 1 aromatic carbocycles. The van der Waals surface area contributed by atoms with E-state index < -0.39 is 11.0 Å². The van der Waals surface area contributed by atoms with E-state index in [1.807, 2.05) is 12.1 Å². The Morgan fingerprint density at radius 2 is 1.79 bits per heavy atom. The molecule has 1 aromatic heterocycles. The van der Waals surface area contributed by atoms with Gasteiger partial charge in [0, 0.05) is 11.8 Å². The number of benzene rings is 1. The molecule has 1 heterocycles. The first-order valence-electron chi connectivity index (χ1n) is 6.46. The molecule has 2 rings (SSSR count). The van der Waals surface area contributed by atoms with Crippen LogP contribution in [0.2, 0.25) is 0 Å². The molecule has 0 amide bonds. The van der Waals surface area contributed by atoms with Gasteiger partial charge in [-0.05, 0) is 29.9 Å². The van der Waals surface area contributed by atoms with Gasteiger partial charge in [0.05, 0.1) is 0 Å². The van der Waals surface area contributed by atoms with Crippen LogP contribution in [0.3, 0.4) is 0 Å². The summed E-state index contributed by atoms with van der Waals surface area (Å²) < 4.78 is 0. The molecule has 0 saturated carbocycles. The van der Waals surface area contributed by atoms with E-state index in [1.54, 1.807) is 0 Å². The van der Waals surface area contributed by atoms with Crippen molar-refractivity contribution in [2.75, 3.05) is 0 Å². The molecule has 0 bridgehead atoms. The molecule has 2 N–H and O–H groups in total. The highest BCUT2D eigenvalue weighted by molar-refractivity contribution is 5.30. The van der Waals surface area contributed by atoms with Gasteiger partial charge in [-0.15, -0.1) is 0 Å². The van der Waals surface area contributed by atoms with Crippen molar-refractivity contribution in [2.24, 2.45) is 0 Å². The predicted molar refractivity (Wildman–Crippen MR) is 75.6 cm³/mol. The van der Waals surface area contributed by atoms with E-state index in [-0.39, 0.29) is 0 Å². The highest BCUT2D eigenvalue weighted by Crippen LogP contribution is 2.20. The van der Waals surface area contributed by atoms with Crippen LogP contribution in [-0.4, -0.2) is 10.2 Å². The smallest absolute Gasteiger partial charge is 0.302 e. The van der Waals surface area contributed by atoms with Gasteiger partial charge in [-0.1, -0.05) is 38.1 Å². The van der Waals surface area contributed by atoms with Crippen LogP contribution >= 0.6 is 0 Å². The van der Waals surface area contributed by atoms with Gasteiger partial charge in [0.1, 0.15) is 0 Å². The Bertz CT molecular complexity index is 668. The lowest BCUT2D eigenvalue weighted by Crippen LogP contribution is -2.27. The Kier molecular flexibility index (Phi) is 4.00. The van der Waals surface area contributed by atoms with Crippen molar-refractivity contribution < 1.29 is 0 Å². The van der Waals surface area contributed by atoms with Crippen molar-refractivity contribution in [1.29, 1.82) is 0 Å². The first-order chi connectivity index (χ1) is 9.08. The van der Waals surface area contributed by atoms with Gasteiger partial charge in [0.2, 0.25) is 5.43 Å². The molecule has 0 aliphatic rings. The maximum Gasteiger partial charge on any atom is 0.310 e. The van der Waals surface area contributed by atoms with E-state index in [0.29, 0.717) is 12.3 Å². The van der Waals surface area contributed by atoms with Crippen molar-refractivity contribution in [2.45, 2.75) is 32.6 Å². The lowest BCUT2D eigenvalue weighted by molar-refractivity contribution is 0.803. The van der Waals surface area contributed by atoms with Gasteiger partial charge in [-0.25, -0.2) is 0 Å². The fourth-order valence-electron chi connectivity index (χ4n) is 2.19. The van der Waals surface area contributed by atoms with Gasteiger partial charge >= 0.3 is 5.56 Å². The van der Waals surface area contributed by atoms with Crippen LogP contribution in [0.5, 0.6) is 0 Å². The Morgan fingerprint density at radius 1 is 1.05 bits per heavy atom. The van der Waals surface area contributed by atoms with E-state index in [9.17, 15) is 9.59 Å². The number of hydrogen-bond donors (Lipinski definition) is 2. The zero-order chi connectivity index (χ0) is 13.8. The van der Waals surface area contributed by atoms with Crippen molar-refractivity contribution in [3.8, 4) is 0 Å². The van der Waals surface area contributed by atoms with Crippen LogP contribution in [0.15, 0.2) is 39.9 Å². The largest absolute Gasteiger partial charge is 0.310 e. The number of nitrogens with one attached hydrogen (secondary N) is 2. The molecule has 2 aromatic rings. The quantitative estimate of drug-likeness (QED) is 0.823. The number of aromatic nitrogens is 2. The van der Waals surface area contributed by atoms with Crippen LogP contribution in [0.4, 0.5) is 0 Å². The Morgan fingerprint density at radius 3 is 2.47 bits per heavy atom. The predicted octanol–water partition coefficient (Wildman–Crippen LogP) is 1.97. The minimum Gasteiger partial charge on any atom is -0.302 e. The number of rotatable bonds is 4. The summed E-state index contributed by atoms with van der Waals surface area (Å²) in [5.74, 6) is 0.478. The van der Waals surface area contributed by atoms with Crippen molar-refractivity contribution >= 4 is 0 Å². The van der Waals surface area contributed by atoms with Gasteiger partial charge < -0.3 is 5.10 Å². The summed E-state index contributed by atoms with van der Waals surface area (Å²) in [6.07, 6.45) is 1.55. The molecular weight excluding hydrogens is 240 g/mol. The molecule has 0 fully saturated rings. The molecule has 0 atom stereocenters. The first-order valence-corrected chi connectivity index (χ1v) is 6.46. The normalized spacial score (nSPS) is 10.9. The first kappa shape index (κ1) is 13.3. The summed E-state index contributed by atoms with van der Waals surface area (Å²) in [5, 5.41) is 5.11. The summed E-state index contributed by atoms with van der Waals surface area (Å²) in [5.41, 5.74) is 2.26. The summed E-state index contributed by atoms with van der Waals surface area (Å²) in [6.45, 7) is 4.33. The average molecular weight is 258 g/mol. The van der Waals surface area contributed by atoms with Crippen LogP contribution < -0.4 is 11.0 Å². The monoisotopic (exact) mass is 258 g/mol. The molecule has 0 aliphatic carbocycles. The number of aromatic amines is 2. The van der Waals surface area contributed by atoms with Crippen molar-refractivity contribution in [3.05, 3.63) is 67.7 Å². The van der Waals surface area contributed by atoms with Gasteiger partial charge in [0.25, 0.3) is 0 Å². The molecule has 0 unspecified atom stereocenters. The van der Waals surface area contributed by atoms with Gasteiger partial charge in [-0.2, -0.15) is 0 Å². The third-order valence-corrected chi connectivity index (χ3v) is 3.21. The minimum absolute atomic E-state index is 0.478. The maximum atomic E-state index is 11.3. The molecule has 0 spiro atoms. The van der Waals surface area contributed by atoms with Gasteiger partial charge in [0.15, 0.2) is 0 Å². The SMILES string of the molecule is CC(C)c1ccccc1CCc1cc(=O)c(=O)[nH][nH]1. The summed E-state index contributed by atoms with van der Waals surface area (Å²) in [4.78, 5) is 22.3. The average Bonchev–Trinajstić information content (AvgIpc) is 2.40. The molecule has 0 aliphatic heterocycles. The highest BCUT2D eigenvalue weighted by Gasteiger charge is 2.06. The zero-order valence-electron chi connectivity index (χ0n) is 11.2. The summed E-state index contributed by atoms with van der Waals surface area (Å²) in [6, 6.07) is 9.68. The second kappa shape index (κ2) is 5.69. The lowest BCUT2D eigenvalue weighted by Gasteiger charge is -2.12. The summed E-state index contributed by atoms with van der Waals surface area (Å²) >= 11 is 0. The zero-order valence-corrected chi connectivity index (χ0v) is 11.2. The van der Waals surface area contributed by atoms with Crippen LogP contribution in [0.1, 0.15) is 36.6 Å². The van der Waals surface area contributed by atoms with Crippen LogP contribution in [0.25, 0.3) is 0 Å². The molecule has 0 saturated heterocycles. The molecule has 100 valence electrons. The van der Waals surface area contributed by atoms with E-state index >= 15 is 0 Å². The van der Waals surface area contributed by atoms with Crippen molar-refractivity contribution in [1.82, 2.24) is 10.2 Å². The van der Waals surface area contributed by atoms with Gasteiger partial charge in [-0.3, -0.25) is 14.7 Å². The second-order valence-electron chi connectivity index (χ2n) is 4.97. The number of aryl methyl sites for hydroxylation is 2. The number of hydrogen-bond acceptors (Lipinski definition) is 2. The lowest BCUT2D eigenvalue weighted by atomic mass is 9.94. The van der Waals surface area contributed by atoms with E-state index in [2.05, 4.69) is 36.2 Å². The standard InChI is InChI=1S/C15H18N2O2/c1-10(2)13-6-4-3-5-11(13)7-8-12-9-14(18)15(19)17-16-12/h3-6,9-10H,7-8H2,1-2H3,(H,16,18)(H,17,19). The third-order valence-electron chi connectivity index (χ3n) is 3.21. The second-order valence-corrected chi connectivity index (χ2v) is 4.97. The Labute approximate surface area is 111 Å². The Balaban J connectivity index is 2.16.